The topological polar surface area (TPSA) is 54.4 Å². The van der Waals surface area contributed by atoms with Crippen molar-refractivity contribution in [2.45, 2.75) is 31.9 Å². The van der Waals surface area contributed by atoms with Crippen LogP contribution in [0.4, 0.5) is 4.39 Å². The van der Waals surface area contributed by atoms with E-state index >= 15 is 0 Å². The van der Waals surface area contributed by atoms with Crippen LogP contribution in [0.3, 0.4) is 0 Å². The van der Waals surface area contributed by atoms with E-state index in [1.54, 1.807) is 0 Å². The minimum absolute atomic E-state index is 0.422. The van der Waals surface area contributed by atoms with E-state index in [1.165, 1.54) is 0 Å². The third-order valence-electron chi connectivity index (χ3n) is 2.24. The number of hydrogen-bond acceptors (Lipinski definition) is 2. The maximum atomic E-state index is 13.0. The SMILES string of the molecule is O=S(=O)(O)CC1CCCCC1F. The van der Waals surface area contributed by atoms with Crippen molar-refractivity contribution >= 4 is 10.1 Å². The molecule has 0 aromatic carbocycles. The van der Waals surface area contributed by atoms with Crippen molar-refractivity contribution in [3.05, 3.63) is 0 Å². The van der Waals surface area contributed by atoms with Crippen LogP contribution in [-0.2, 0) is 10.1 Å². The summed E-state index contributed by atoms with van der Waals surface area (Å²) in [6, 6.07) is 0. The van der Waals surface area contributed by atoms with Gasteiger partial charge in [0.05, 0.1) is 5.75 Å². The first kappa shape index (κ1) is 9.92. The molecule has 1 aliphatic rings. The number of alkyl halides is 1. The molecule has 1 N–H and O–H groups in total. The summed E-state index contributed by atoms with van der Waals surface area (Å²) in [7, 11) is -4.00. The smallest absolute Gasteiger partial charge is 0.265 e. The molecule has 3 nitrogen and oxygen atoms in total. The molecule has 0 aromatic rings. The first-order chi connectivity index (χ1) is 5.49. The fraction of sp³-hybridized carbons (Fsp3) is 1.00. The highest BCUT2D eigenvalue weighted by atomic mass is 32.2. The van der Waals surface area contributed by atoms with Gasteiger partial charge in [-0.15, -0.1) is 0 Å². The van der Waals surface area contributed by atoms with Gasteiger partial charge in [0.15, 0.2) is 0 Å². The van der Waals surface area contributed by atoms with Crippen LogP contribution in [0, 0.1) is 5.92 Å². The minimum Gasteiger partial charge on any atom is -0.286 e. The summed E-state index contributed by atoms with van der Waals surface area (Å²) in [6.07, 6.45) is 1.63. The fourth-order valence-electron chi connectivity index (χ4n) is 1.62. The molecule has 0 aromatic heterocycles. The molecule has 2 unspecified atom stereocenters. The lowest BCUT2D eigenvalue weighted by atomic mass is 9.89. The molecular weight excluding hydrogens is 183 g/mol. The summed E-state index contributed by atoms with van der Waals surface area (Å²) < 4.78 is 42.4. The van der Waals surface area contributed by atoms with E-state index in [-0.39, 0.29) is 0 Å². The predicted molar refractivity (Wildman–Crippen MR) is 43.3 cm³/mol. The molecule has 0 aliphatic heterocycles. The second-order valence-electron chi connectivity index (χ2n) is 3.31. The Morgan fingerprint density at radius 3 is 2.42 bits per heavy atom. The summed E-state index contributed by atoms with van der Waals surface area (Å²) in [5.41, 5.74) is 0. The Balaban J connectivity index is 2.50. The van der Waals surface area contributed by atoms with Crippen LogP contribution in [0.2, 0.25) is 0 Å². The quantitative estimate of drug-likeness (QED) is 0.679. The summed E-state index contributed by atoms with van der Waals surface area (Å²) in [5, 5.41) is 0. The van der Waals surface area contributed by atoms with Gasteiger partial charge in [-0.05, 0) is 12.8 Å². The molecule has 12 heavy (non-hydrogen) atoms. The second kappa shape index (κ2) is 3.70. The van der Waals surface area contributed by atoms with Gasteiger partial charge in [-0.25, -0.2) is 4.39 Å². The van der Waals surface area contributed by atoms with Gasteiger partial charge in [-0.3, -0.25) is 4.55 Å². The van der Waals surface area contributed by atoms with Crippen LogP contribution in [0.1, 0.15) is 25.7 Å². The van der Waals surface area contributed by atoms with Gasteiger partial charge in [0, 0.05) is 5.92 Å². The largest absolute Gasteiger partial charge is 0.286 e. The third-order valence-corrected chi connectivity index (χ3v) is 3.09. The van der Waals surface area contributed by atoms with Crippen molar-refractivity contribution in [1.29, 1.82) is 0 Å². The van der Waals surface area contributed by atoms with Gasteiger partial charge in [0.1, 0.15) is 6.17 Å². The standard InChI is InChI=1S/C7H13FO3S/c8-7-4-2-1-3-6(7)5-12(9,10)11/h6-7H,1-5H2,(H,9,10,11). The molecule has 1 aliphatic carbocycles. The first-order valence-corrected chi connectivity index (χ1v) is 5.69. The van der Waals surface area contributed by atoms with E-state index in [4.69, 9.17) is 4.55 Å². The molecule has 0 amide bonds. The highest BCUT2D eigenvalue weighted by Gasteiger charge is 2.28. The average Bonchev–Trinajstić information content (AvgIpc) is 1.91. The third kappa shape index (κ3) is 3.06. The zero-order valence-electron chi connectivity index (χ0n) is 6.74. The van der Waals surface area contributed by atoms with E-state index in [0.717, 1.165) is 12.8 Å². The summed E-state index contributed by atoms with van der Waals surface area (Å²) in [5.74, 6) is -0.914. The summed E-state index contributed by atoms with van der Waals surface area (Å²) >= 11 is 0. The maximum Gasteiger partial charge on any atom is 0.265 e. The van der Waals surface area contributed by atoms with Gasteiger partial charge < -0.3 is 0 Å². The molecule has 5 heteroatoms. The molecule has 1 saturated carbocycles. The Morgan fingerprint density at radius 2 is 1.92 bits per heavy atom. The summed E-state index contributed by atoms with van der Waals surface area (Å²) in [4.78, 5) is 0. The normalized spacial score (nSPS) is 31.8. The highest BCUT2D eigenvalue weighted by molar-refractivity contribution is 7.85. The van der Waals surface area contributed by atoms with Crippen molar-refractivity contribution in [1.82, 2.24) is 0 Å². The Morgan fingerprint density at radius 1 is 1.33 bits per heavy atom. The van der Waals surface area contributed by atoms with E-state index in [0.29, 0.717) is 12.8 Å². The molecule has 0 spiro atoms. The van der Waals surface area contributed by atoms with Crippen molar-refractivity contribution in [3.63, 3.8) is 0 Å². The molecular formula is C7H13FO3S. The molecule has 1 rings (SSSR count). The molecule has 72 valence electrons. The first-order valence-electron chi connectivity index (χ1n) is 4.08. The van der Waals surface area contributed by atoms with Crippen LogP contribution >= 0.6 is 0 Å². The van der Waals surface area contributed by atoms with Crippen molar-refractivity contribution < 1.29 is 17.4 Å². The van der Waals surface area contributed by atoms with Crippen LogP contribution in [0.5, 0.6) is 0 Å². The molecule has 1 fully saturated rings. The van der Waals surface area contributed by atoms with Gasteiger partial charge >= 0.3 is 0 Å². The van der Waals surface area contributed by atoms with Gasteiger partial charge in [-0.1, -0.05) is 12.8 Å². The van der Waals surface area contributed by atoms with Crippen molar-refractivity contribution in [2.75, 3.05) is 5.75 Å². The Hall–Kier alpha value is -0.160. The lowest BCUT2D eigenvalue weighted by Crippen LogP contribution is -2.27. The van der Waals surface area contributed by atoms with Crippen LogP contribution in [0.25, 0.3) is 0 Å². The lowest BCUT2D eigenvalue weighted by molar-refractivity contribution is 0.179. The molecule has 0 saturated heterocycles. The molecule has 2 atom stereocenters. The van der Waals surface area contributed by atoms with Gasteiger partial charge in [0.25, 0.3) is 10.1 Å². The Labute approximate surface area is 71.7 Å². The monoisotopic (exact) mass is 196 g/mol. The van der Waals surface area contributed by atoms with Crippen molar-refractivity contribution in [2.24, 2.45) is 5.92 Å². The van der Waals surface area contributed by atoms with Crippen LogP contribution < -0.4 is 0 Å². The van der Waals surface area contributed by atoms with Crippen LogP contribution in [-0.4, -0.2) is 24.9 Å². The van der Waals surface area contributed by atoms with E-state index < -0.39 is 28.0 Å². The zero-order valence-corrected chi connectivity index (χ0v) is 7.56. The van der Waals surface area contributed by atoms with Crippen molar-refractivity contribution in [3.8, 4) is 0 Å². The molecule has 0 heterocycles. The van der Waals surface area contributed by atoms with E-state index in [9.17, 15) is 12.8 Å². The number of halogens is 1. The zero-order chi connectivity index (χ0) is 9.19. The summed E-state index contributed by atoms with van der Waals surface area (Å²) in [6.45, 7) is 0. The lowest BCUT2D eigenvalue weighted by Gasteiger charge is -2.24. The molecule has 0 bridgehead atoms. The fourth-order valence-corrected chi connectivity index (χ4v) is 2.54. The maximum absolute atomic E-state index is 13.0. The highest BCUT2D eigenvalue weighted by Crippen LogP contribution is 2.27. The predicted octanol–water partition coefficient (Wildman–Crippen LogP) is 1.40. The average molecular weight is 196 g/mol. The number of hydrogen-bond donors (Lipinski definition) is 1. The van der Waals surface area contributed by atoms with Gasteiger partial charge in [-0.2, -0.15) is 8.42 Å². The van der Waals surface area contributed by atoms with E-state index in [2.05, 4.69) is 0 Å². The molecule has 0 radical (unpaired) electrons. The Kier molecular flexibility index (Phi) is 3.06. The van der Waals surface area contributed by atoms with E-state index in [1.807, 2.05) is 0 Å². The van der Waals surface area contributed by atoms with Crippen LogP contribution in [0.15, 0.2) is 0 Å². The second-order valence-corrected chi connectivity index (χ2v) is 4.81. The minimum atomic E-state index is -4.00. The Bertz CT molecular complexity index is 237. The van der Waals surface area contributed by atoms with Gasteiger partial charge in [0.2, 0.25) is 0 Å². The number of rotatable bonds is 2.